The highest BCUT2D eigenvalue weighted by molar-refractivity contribution is 6.22. The minimum atomic E-state index is -0.0764. The normalized spacial score (nSPS) is 13.1. The lowest BCUT2D eigenvalue weighted by Crippen LogP contribution is -2.14. The average molecular weight is 749 g/mol. The van der Waals surface area contributed by atoms with E-state index in [2.05, 4.69) is 220 Å². The molecule has 0 atom stereocenters. The molecule has 0 spiro atoms. The van der Waals surface area contributed by atoms with Crippen LogP contribution in [0.1, 0.15) is 25.0 Å². The molecular weight excluding hydrogens is 709 g/mol. The minimum absolute atomic E-state index is 0.0764. The molecule has 0 aromatic heterocycles. The molecule has 0 nitrogen and oxygen atoms in total. The Morgan fingerprint density at radius 2 is 0.746 bits per heavy atom. The minimum Gasteiger partial charge on any atom is -0.0616 e. The Hall–Kier alpha value is -7.28. The van der Waals surface area contributed by atoms with Gasteiger partial charge in [-0.2, -0.15) is 0 Å². The molecule has 0 heterocycles. The average Bonchev–Trinajstić information content (AvgIpc) is 3.52. The van der Waals surface area contributed by atoms with Crippen LogP contribution in [0.15, 0.2) is 206 Å². The fraction of sp³-hybridized carbons (Fsp3) is 0.0508. The van der Waals surface area contributed by atoms with Crippen molar-refractivity contribution in [3.8, 4) is 55.6 Å². The van der Waals surface area contributed by atoms with Gasteiger partial charge in [-0.1, -0.05) is 196 Å². The predicted molar refractivity (Wildman–Crippen MR) is 253 cm³/mol. The van der Waals surface area contributed by atoms with Crippen molar-refractivity contribution in [3.63, 3.8) is 0 Å². The van der Waals surface area contributed by atoms with E-state index in [0.29, 0.717) is 0 Å². The SMILES string of the molecule is CC1(C)c2cc3ccccc3cc2-c2c(-c3ccc(-c4c5ccccc5c(-c5cccc(-c6cc7ccccc7c7ccccc67)c5)c5ccccc45)cc3)cccc21. The Morgan fingerprint density at radius 3 is 1.42 bits per heavy atom. The van der Waals surface area contributed by atoms with Crippen molar-refractivity contribution in [1.29, 1.82) is 0 Å². The van der Waals surface area contributed by atoms with Crippen molar-refractivity contribution >= 4 is 53.9 Å². The molecule has 1 aliphatic rings. The van der Waals surface area contributed by atoms with Crippen molar-refractivity contribution in [1.82, 2.24) is 0 Å². The second-order valence-electron chi connectivity index (χ2n) is 16.8. The fourth-order valence-electron chi connectivity index (χ4n) is 10.4. The summed E-state index contributed by atoms with van der Waals surface area (Å²) in [5.74, 6) is 0. The van der Waals surface area contributed by atoms with Crippen LogP contribution in [0.4, 0.5) is 0 Å². The Kier molecular flexibility index (Phi) is 7.38. The quantitative estimate of drug-likeness (QED) is 0.124. The Morgan fingerprint density at radius 1 is 0.254 bits per heavy atom. The molecule has 0 unspecified atom stereocenters. The highest BCUT2D eigenvalue weighted by Gasteiger charge is 2.37. The zero-order valence-corrected chi connectivity index (χ0v) is 33.1. The second-order valence-corrected chi connectivity index (χ2v) is 16.8. The van der Waals surface area contributed by atoms with Crippen LogP contribution in [0.3, 0.4) is 0 Å². The molecule has 59 heavy (non-hydrogen) atoms. The lowest BCUT2D eigenvalue weighted by Gasteiger charge is -2.22. The van der Waals surface area contributed by atoms with E-state index < -0.39 is 0 Å². The number of benzene rings is 11. The van der Waals surface area contributed by atoms with Gasteiger partial charge in [0.25, 0.3) is 0 Å². The van der Waals surface area contributed by atoms with Gasteiger partial charge in [-0.15, -0.1) is 0 Å². The largest absolute Gasteiger partial charge is 0.0616 e. The van der Waals surface area contributed by atoms with Gasteiger partial charge in [0.15, 0.2) is 0 Å². The maximum atomic E-state index is 2.42. The second kappa shape index (κ2) is 12.9. The summed E-state index contributed by atoms with van der Waals surface area (Å²) in [5, 5.41) is 12.8. The molecule has 1 aliphatic carbocycles. The maximum Gasteiger partial charge on any atom is 0.0159 e. The van der Waals surface area contributed by atoms with E-state index in [-0.39, 0.29) is 5.41 Å². The van der Waals surface area contributed by atoms with E-state index in [4.69, 9.17) is 0 Å². The highest BCUT2D eigenvalue weighted by atomic mass is 14.4. The van der Waals surface area contributed by atoms with Crippen molar-refractivity contribution in [2.75, 3.05) is 0 Å². The summed E-state index contributed by atoms with van der Waals surface area (Å²) >= 11 is 0. The standard InChI is InChI=1S/C59H40/c1-59(2)54-28-14-27-45(58(54)53-34-39-15-3-4-16-40(39)36-55(53)59)37-29-31-38(32-30-37)56-48-23-9-11-25-50(48)57(51-26-12-10-24-49(51)56)43-19-13-18-41(33-43)52-35-42-17-5-6-20-44(42)46-21-7-8-22-47(46)52/h3-36H,1-2H3. The van der Waals surface area contributed by atoms with Crippen molar-refractivity contribution in [2.45, 2.75) is 19.3 Å². The van der Waals surface area contributed by atoms with Gasteiger partial charge in [0, 0.05) is 5.41 Å². The first-order valence-electron chi connectivity index (χ1n) is 20.8. The zero-order valence-electron chi connectivity index (χ0n) is 33.1. The van der Waals surface area contributed by atoms with Crippen LogP contribution < -0.4 is 0 Å². The molecule has 0 aliphatic heterocycles. The Bertz CT molecular complexity index is 3450. The third kappa shape index (κ3) is 5.09. The fourth-order valence-corrected chi connectivity index (χ4v) is 10.4. The van der Waals surface area contributed by atoms with Gasteiger partial charge >= 0.3 is 0 Å². The van der Waals surface area contributed by atoms with Gasteiger partial charge in [0.1, 0.15) is 0 Å². The van der Waals surface area contributed by atoms with Crippen molar-refractivity contribution in [3.05, 3.63) is 217 Å². The van der Waals surface area contributed by atoms with Gasteiger partial charge in [-0.05, 0) is 145 Å². The molecule has 0 saturated heterocycles. The molecule has 0 N–H and O–H groups in total. The molecule has 0 heteroatoms. The van der Waals surface area contributed by atoms with Crippen LogP contribution in [0.5, 0.6) is 0 Å². The predicted octanol–water partition coefficient (Wildman–Crippen LogP) is 16.4. The van der Waals surface area contributed by atoms with Crippen LogP contribution in [-0.4, -0.2) is 0 Å². The number of fused-ring (bicyclic) bond motifs is 9. The third-order valence-electron chi connectivity index (χ3n) is 13.2. The smallest absolute Gasteiger partial charge is 0.0159 e. The van der Waals surface area contributed by atoms with Crippen molar-refractivity contribution in [2.24, 2.45) is 0 Å². The third-order valence-corrected chi connectivity index (χ3v) is 13.2. The Balaban J connectivity index is 1.01. The van der Waals surface area contributed by atoms with E-state index in [1.54, 1.807) is 0 Å². The highest BCUT2D eigenvalue weighted by Crippen LogP contribution is 2.53. The molecular formula is C59H40. The number of hydrogen-bond donors (Lipinski definition) is 0. The summed E-state index contributed by atoms with van der Waals surface area (Å²) in [6.45, 7) is 4.75. The lowest BCUT2D eigenvalue weighted by molar-refractivity contribution is 0.661. The summed E-state index contributed by atoms with van der Waals surface area (Å²) in [7, 11) is 0. The monoisotopic (exact) mass is 748 g/mol. The molecule has 11 aromatic carbocycles. The molecule has 12 rings (SSSR count). The first-order chi connectivity index (χ1) is 29.0. The summed E-state index contributed by atoms with van der Waals surface area (Å²) in [5.41, 5.74) is 15.5. The zero-order chi connectivity index (χ0) is 39.2. The van der Waals surface area contributed by atoms with Crippen LogP contribution in [0.25, 0.3) is 109 Å². The van der Waals surface area contributed by atoms with Crippen LogP contribution >= 0.6 is 0 Å². The van der Waals surface area contributed by atoms with E-state index in [1.165, 1.54) is 121 Å². The molecule has 0 fully saturated rings. The van der Waals surface area contributed by atoms with Gasteiger partial charge in [-0.3, -0.25) is 0 Å². The lowest BCUT2D eigenvalue weighted by atomic mass is 9.81. The molecule has 0 amide bonds. The summed E-state index contributed by atoms with van der Waals surface area (Å²) in [6.07, 6.45) is 0. The number of rotatable bonds is 4. The topological polar surface area (TPSA) is 0 Å². The first kappa shape index (κ1) is 33.8. The molecule has 0 saturated carbocycles. The maximum absolute atomic E-state index is 2.42. The van der Waals surface area contributed by atoms with Gasteiger partial charge in [-0.25, -0.2) is 0 Å². The molecule has 276 valence electrons. The van der Waals surface area contributed by atoms with Crippen LogP contribution in [-0.2, 0) is 5.41 Å². The van der Waals surface area contributed by atoms with E-state index >= 15 is 0 Å². The number of hydrogen-bond acceptors (Lipinski definition) is 0. The van der Waals surface area contributed by atoms with Crippen LogP contribution in [0.2, 0.25) is 0 Å². The van der Waals surface area contributed by atoms with Gasteiger partial charge in [0.05, 0.1) is 0 Å². The summed E-state index contributed by atoms with van der Waals surface area (Å²) < 4.78 is 0. The summed E-state index contributed by atoms with van der Waals surface area (Å²) in [4.78, 5) is 0. The van der Waals surface area contributed by atoms with Gasteiger partial charge in [0.2, 0.25) is 0 Å². The Labute approximate surface area is 344 Å². The molecule has 11 aromatic rings. The van der Waals surface area contributed by atoms with E-state index in [1.807, 2.05) is 0 Å². The molecule has 0 bridgehead atoms. The van der Waals surface area contributed by atoms with Crippen LogP contribution in [0, 0.1) is 0 Å². The van der Waals surface area contributed by atoms with E-state index in [9.17, 15) is 0 Å². The summed E-state index contributed by atoms with van der Waals surface area (Å²) in [6, 6.07) is 76.9. The van der Waals surface area contributed by atoms with E-state index in [0.717, 1.165) is 0 Å². The van der Waals surface area contributed by atoms with Crippen molar-refractivity contribution < 1.29 is 0 Å². The van der Waals surface area contributed by atoms with Gasteiger partial charge < -0.3 is 0 Å². The first-order valence-corrected chi connectivity index (χ1v) is 20.8. The molecule has 0 radical (unpaired) electrons.